The number of carbonyl (C=O) groups excluding carboxylic acids is 1. The van der Waals surface area contributed by atoms with Crippen LogP contribution in [0.3, 0.4) is 0 Å². The van der Waals surface area contributed by atoms with Crippen LogP contribution in [0.25, 0.3) is 0 Å². The number of carboxylic acid groups (broad SMARTS) is 1. The molecule has 2 aromatic rings. The fourth-order valence-corrected chi connectivity index (χ4v) is 3.69. The molecule has 0 aliphatic rings. The van der Waals surface area contributed by atoms with Gasteiger partial charge >= 0.3 is 5.97 Å². The monoisotopic (exact) mass is 528 g/mol. The molecule has 0 saturated carbocycles. The van der Waals surface area contributed by atoms with Gasteiger partial charge in [0.1, 0.15) is 5.75 Å². The van der Waals surface area contributed by atoms with Crippen LogP contribution in [0.1, 0.15) is 22.8 Å². The molecule has 2 aromatic carbocycles. The van der Waals surface area contributed by atoms with E-state index in [9.17, 15) is 9.59 Å². The number of nitrogens with one attached hydrogen (secondary N) is 1. The number of carboxylic acids is 1. The van der Waals surface area contributed by atoms with Gasteiger partial charge < -0.3 is 19.3 Å². The summed E-state index contributed by atoms with van der Waals surface area (Å²) in [6.45, 7) is 1.81. The lowest BCUT2D eigenvalue weighted by molar-refractivity contribution is -0.139. The summed E-state index contributed by atoms with van der Waals surface area (Å²) in [5, 5.41) is 12.7. The van der Waals surface area contributed by atoms with Gasteiger partial charge in [-0.25, -0.2) is 10.2 Å². The first-order valence-electron chi connectivity index (χ1n) is 8.33. The van der Waals surface area contributed by atoms with Crippen LogP contribution in [0.5, 0.6) is 17.2 Å². The third kappa shape index (κ3) is 6.47. The molecule has 0 heterocycles. The summed E-state index contributed by atoms with van der Waals surface area (Å²) < 4.78 is 16.9. The standard InChI is InChI=1S/C19H18Br2N2O6/c1-3-28-16-8-12(4-5-15(16)27-2)19(26)23-22-9-11-6-13(20)18(14(21)7-11)29-10-17(24)25/h4-9H,3,10H2,1-2H3,(H,23,26)(H,24,25)/b22-9+. The van der Waals surface area contributed by atoms with Crippen LogP contribution in [-0.2, 0) is 4.79 Å². The molecule has 154 valence electrons. The van der Waals surface area contributed by atoms with Crippen molar-refractivity contribution in [2.45, 2.75) is 6.92 Å². The molecule has 0 saturated heterocycles. The summed E-state index contributed by atoms with van der Waals surface area (Å²) in [6, 6.07) is 8.19. The summed E-state index contributed by atoms with van der Waals surface area (Å²) >= 11 is 6.64. The molecule has 0 radical (unpaired) electrons. The average Bonchev–Trinajstić information content (AvgIpc) is 2.67. The van der Waals surface area contributed by atoms with Crippen molar-refractivity contribution in [3.63, 3.8) is 0 Å². The minimum atomic E-state index is -1.08. The van der Waals surface area contributed by atoms with Crippen molar-refractivity contribution in [1.82, 2.24) is 5.43 Å². The first-order chi connectivity index (χ1) is 13.8. The highest BCUT2D eigenvalue weighted by Gasteiger charge is 2.12. The van der Waals surface area contributed by atoms with Gasteiger partial charge in [0, 0.05) is 5.56 Å². The van der Waals surface area contributed by atoms with E-state index in [0.717, 1.165) is 0 Å². The van der Waals surface area contributed by atoms with Crippen LogP contribution in [0, 0.1) is 0 Å². The van der Waals surface area contributed by atoms with Crippen molar-refractivity contribution < 1.29 is 28.9 Å². The number of hydrazone groups is 1. The maximum Gasteiger partial charge on any atom is 0.341 e. The molecule has 0 aliphatic carbocycles. The largest absolute Gasteiger partial charge is 0.493 e. The lowest BCUT2D eigenvalue weighted by Gasteiger charge is -2.10. The van der Waals surface area contributed by atoms with Crippen LogP contribution in [0.4, 0.5) is 0 Å². The quantitative estimate of drug-likeness (QED) is 0.377. The Morgan fingerprint density at radius 3 is 2.41 bits per heavy atom. The van der Waals surface area contributed by atoms with Crippen molar-refractivity contribution >= 4 is 50.0 Å². The van der Waals surface area contributed by atoms with Crippen molar-refractivity contribution in [2.24, 2.45) is 5.10 Å². The smallest absolute Gasteiger partial charge is 0.341 e. The fourth-order valence-electron chi connectivity index (χ4n) is 2.24. The van der Waals surface area contributed by atoms with E-state index >= 15 is 0 Å². The highest BCUT2D eigenvalue weighted by atomic mass is 79.9. The van der Waals surface area contributed by atoms with E-state index in [1.54, 1.807) is 30.3 Å². The normalized spacial score (nSPS) is 10.6. The molecule has 0 spiro atoms. The SMILES string of the molecule is CCOc1cc(C(=O)N/N=C/c2cc(Br)c(OCC(=O)O)c(Br)c2)ccc1OC. The number of halogens is 2. The molecular weight excluding hydrogens is 512 g/mol. The van der Waals surface area contributed by atoms with E-state index in [1.807, 2.05) is 6.92 Å². The molecule has 1 amide bonds. The molecule has 0 aromatic heterocycles. The molecule has 10 heteroatoms. The van der Waals surface area contributed by atoms with Crippen LogP contribution in [0.2, 0.25) is 0 Å². The third-order valence-electron chi connectivity index (χ3n) is 3.47. The van der Waals surface area contributed by atoms with Gasteiger partial charge in [0.2, 0.25) is 0 Å². The second-order valence-electron chi connectivity index (χ2n) is 5.49. The van der Waals surface area contributed by atoms with E-state index in [0.29, 0.717) is 43.9 Å². The summed E-state index contributed by atoms with van der Waals surface area (Å²) in [6.07, 6.45) is 1.45. The fraction of sp³-hybridized carbons (Fsp3) is 0.211. The Balaban J connectivity index is 2.08. The Bertz CT molecular complexity index is 910. The van der Waals surface area contributed by atoms with Gasteiger partial charge in [-0.2, -0.15) is 5.10 Å². The zero-order chi connectivity index (χ0) is 21.4. The van der Waals surface area contributed by atoms with Gasteiger partial charge in [0.25, 0.3) is 5.91 Å². The first kappa shape index (κ1) is 22.7. The number of hydrogen-bond acceptors (Lipinski definition) is 6. The number of rotatable bonds is 9. The Hall–Kier alpha value is -2.59. The highest BCUT2D eigenvalue weighted by Crippen LogP contribution is 2.34. The number of amides is 1. The van der Waals surface area contributed by atoms with Crippen LogP contribution in [-0.4, -0.2) is 43.5 Å². The van der Waals surface area contributed by atoms with Gasteiger partial charge in [-0.15, -0.1) is 0 Å². The Kier molecular flexibility index (Phi) is 8.47. The van der Waals surface area contributed by atoms with Crippen molar-refractivity contribution in [1.29, 1.82) is 0 Å². The van der Waals surface area contributed by atoms with E-state index in [2.05, 4.69) is 42.4 Å². The zero-order valence-electron chi connectivity index (χ0n) is 15.6. The number of aliphatic carboxylic acids is 1. The molecule has 29 heavy (non-hydrogen) atoms. The molecule has 2 N–H and O–H groups in total. The third-order valence-corrected chi connectivity index (χ3v) is 4.64. The van der Waals surface area contributed by atoms with Crippen molar-refractivity contribution in [3.8, 4) is 17.2 Å². The van der Waals surface area contributed by atoms with Crippen LogP contribution >= 0.6 is 31.9 Å². The Morgan fingerprint density at radius 2 is 1.83 bits per heavy atom. The van der Waals surface area contributed by atoms with Crippen LogP contribution < -0.4 is 19.6 Å². The first-order valence-corrected chi connectivity index (χ1v) is 9.92. The molecule has 0 fully saturated rings. The van der Waals surface area contributed by atoms with Gasteiger partial charge in [-0.3, -0.25) is 4.79 Å². The summed E-state index contributed by atoms with van der Waals surface area (Å²) in [7, 11) is 1.52. The van der Waals surface area contributed by atoms with Crippen molar-refractivity contribution in [2.75, 3.05) is 20.3 Å². The van der Waals surface area contributed by atoms with E-state index in [-0.39, 0.29) is 0 Å². The molecular formula is C19H18Br2N2O6. The van der Waals surface area contributed by atoms with E-state index < -0.39 is 18.5 Å². The van der Waals surface area contributed by atoms with Gasteiger partial charge in [0.15, 0.2) is 18.1 Å². The molecule has 0 bridgehead atoms. The second kappa shape index (κ2) is 10.8. The number of benzene rings is 2. The van der Waals surface area contributed by atoms with Crippen LogP contribution in [0.15, 0.2) is 44.4 Å². The molecule has 0 aliphatic heterocycles. The van der Waals surface area contributed by atoms with Gasteiger partial charge in [-0.05, 0) is 74.7 Å². The predicted molar refractivity (Wildman–Crippen MR) is 114 cm³/mol. The van der Waals surface area contributed by atoms with Gasteiger partial charge in [-0.1, -0.05) is 0 Å². The molecule has 0 atom stereocenters. The zero-order valence-corrected chi connectivity index (χ0v) is 18.7. The number of ether oxygens (including phenoxy) is 3. The van der Waals surface area contributed by atoms with Gasteiger partial charge in [0.05, 0.1) is 28.9 Å². The maximum atomic E-state index is 12.3. The summed E-state index contributed by atoms with van der Waals surface area (Å²) in [5.74, 6) is -0.133. The Labute approximate surface area is 184 Å². The van der Waals surface area contributed by atoms with E-state index in [4.69, 9.17) is 19.3 Å². The summed E-state index contributed by atoms with van der Waals surface area (Å²) in [4.78, 5) is 23.0. The summed E-state index contributed by atoms with van der Waals surface area (Å²) in [5.41, 5.74) is 3.46. The second-order valence-corrected chi connectivity index (χ2v) is 7.20. The number of nitrogens with zero attached hydrogens (tertiary/aromatic N) is 1. The lowest BCUT2D eigenvalue weighted by atomic mass is 10.2. The topological polar surface area (TPSA) is 106 Å². The lowest BCUT2D eigenvalue weighted by Crippen LogP contribution is -2.17. The molecule has 8 nitrogen and oxygen atoms in total. The number of carbonyl (C=O) groups is 2. The minimum Gasteiger partial charge on any atom is -0.493 e. The Morgan fingerprint density at radius 1 is 1.14 bits per heavy atom. The van der Waals surface area contributed by atoms with Crippen molar-refractivity contribution in [3.05, 3.63) is 50.4 Å². The molecule has 2 rings (SSSR count). The number of hydrogen-bond donors (Lipinski definition) is 2. The number of methoxy groups -OCH3 is 1. The molecule has 0 unspecified atom stereocenters. The minimum absolute atomic E-state index is 0.357. The van der Waals surface area contributed by atoms with E-state index in [1.165, 1.54) is 13.3 Å². The maximum absolute atomic E-state index is 12.3. The average molecular weight is 530 g/mol. The highest BCUT2D eigenvalue weighted by molar-refractivity contribution is 9.11. The predicted octanol–water partition coefficient (Wildman–Crippen LogP) is 3.85.